The van der Waals surface area contributed by atoms with Crippen LogP contribution in [0.15, 0.2) is 48.7 Å². The van der Waals surface area contributed by atoms with Crippen LogP contribution in [0.3, 0.4) is 0 Å². The van der Waals surface area contributed by atoms with Crippen LogP contribution in [-0.4, -0.2) is 37.0 Å². The van der Waals surface area contributed by atoms with Crippen LogP contribution in [0.5, 0.6) is 5.75 Å². The summed E-state index contributed by atoms with van der Waals surface area (Å²) in [5.41, 5.74) is 3.39. The van der Waals surface area contributed by atoms with E-state index in [1.807, 2.05) is 24.4 Å². The van der Waals surface area contributed by atoms with E-state index in [-0.39, 0.29) is 18.4 Å². The monoisotopic (exact) mass is 349 g/mol. The third-order valence-electron chi connectivity index (χ3n) is 4.66. The number of rotatable bonds is 4. The molecule has 6 nitrogen and oxygen atoms in total. The van der Waals surface area contributed by atoms with E-state index in [2.05, 4.69) is 16.4 Å². The number of nitrogens with one attached hydrogen (secondary N) is 2. The number of nitrogens with zero attached hydrogens (tertiary/aromatic N) is 1. The second-order valence-corrected chi connectivity index (χ2v) is 6.29. The van der Waals surface area contributed by atoms with Gasteiger partial charge in [-0.05, 0) is 36.2 Å². The Hall–Kier alpha value is -3.28. The number of hydrogen-bond acceptors (Lipinski definition) is 3. The highest BCUT2D eigenvalue weighted by Crippen LogP contribution is 2.31. The Balaban J connectivity index is 1.43. The Morgan fingerprint density at radius 1 is 1.27 bits per heavy atom. The molecular formula is C20H19N3O3. The number of H-pyrrole nitrogens is 1. The molecule has 132 valence electrons. The van der Waals surface area contributed by atoms with Crippen LogP contribution in [0.1, 0.15) is 15.9 Å². The maximum absolute atomic E-state index is 12.4. The molecule has 4 rings (SSSR count). The Bertz CT molecular complexity index is 993. The molecule has 0 atom stereocenters. The highest BCUT2D eigenvalue weighted by Gasteiger charge is 2.23. The number of aromatic amines is 1. The minimum Gasteiger partial charge on any atom is -0.482 e. The van der Waals surface area contributed by atoms with Gasteiger partial charge in [0.05, 0.1) is 5.69 Å². The van der Waals surface area contributed by atoms with Gasteiger partial charge in [0.15, 0.2) is 6.61 Å². The van der Waals surface area contributed by atoms with Gasteiger partial charge < -0.3 is 19.9 Å². The van der Waals surface area contributed by atoms with Gasteiger partial charge in [0.2, 0.25) is 0 Å². The number of amides is 2. The van der Waals surface area contributed by atoms with Gasteiger partial charge in [-0.15, -0.1) is 0 Å². The third kappa shape index (κ3) is 2.90. The summed E-state index contributed by atoms with van der Waals surface area (Å²) in [6, 6.07) is 13.2. The molecule has 0 bridgehead atoms. The molecule has 1 aliphatic heterocycles. The van der Waals surface area contributed by atoms with Crippen molar-refractivity contribution in [1.82, 2.24) is 10.3 Å². The van der Waals surface area contributed by atoms with Crippen molar-refractivity contribution in [3.05, 3.63) is 59.8 Å². The van der Waals surface area contributed by atoms with Crippen LogP contribution < -0.4 is 15.0 Å². The number of aromatic nitrogens is 1. The molecular weight excluding hydrogens is 330 g/mol. The minimum absolute atomic E-state index is 0.0274. The number of para-hydroxylation sites is 1. The van der Waals surface area contributed by atoms with Gasteiger partial charge in [-0.1, -0.05) is 18.2 Å². The second kappa shape index (κ2) is 6.55. The van der Waals surface area contributed by atoms with Crippen LogP contribution in [0, 0.1) is 0 Å². The smallest absolute Gasteiger partial charge is 0.264 e. The number of ether oxygens (including phenoxy) is 1. The molecule has 0 spiro atoms. The van der Waals surface area contributed by atoms with Crippen LogP contribution in [-0.2, 0) is 11.2 Å². The first-order chi connectivity index (χ1) is 12.6. The van der Waals surface area contributed by atoms with Crippen LogP contribution in [0.25, 0.3) is 10.9 Å². The highest BCUT2D eigenvalue weighted by molar-refractivity contribution is 6.01. The maximum atomic E-state index is 12.4. The number of carbonyl (C=O) groups is 2. The van der Waals surface area contributed by atoms with Crippen LogP contribution in [0.2, 0.25) is 0 Å². The van der Waals surface area contributed by atoms with E-state index in [0.29, 0.717) is 23.5 Å². The van der Waals surface area contributed by atoms with Gasteiger partial charge >= 0.3 is 0 Å². The summed E-state index contributed by atoms with van der Waals surface area (Å²) in [4.78, 5) is 28.9. The SMILES string of the molecule is CN1C(=O)COc2ccc(C(=O)NCCc3c[nH]c4ccccc34)cc21. The lowest BCUT2D eigenvalue weighted by molar-refractivity contribution is -0.120. The third-order valence-corrected chi connectivity index (χ3v) is 4.66. The molecule has 2 amide bonds. The zero-order chi connectivity index (χ0) is 18.1. The summed E-state index contributed by atoms with van der Waals surface area (Å²) >= 11 is 0. The van der Waals surface area contributed by atoms with Gasteiger partial charge in [-0.2, -0.15) is 0 Å². The van der Waals surface area contributed by atoms with E-state index < -0.39 is 0 Å². The molecule has 26 heavy (non-hydrogen) atoms. The maximum Gasteiger partial charge on any atom is 0.264 e. The molecule has 2 heterocycles. The molecule has 0 saturated carbocycles. The standard InChI is InChI=1S/C20H19N3O3/c1-23-17-10-13(6-7-18(17)26-12-19(23)24)20(25)21-9-8-14-11-22-16-5-3-2-4-15(14)16/h2-7,10-11,22H,8-9,12H2,1H3,(H,21,25). The van der Waals surface area contributed by atoms with Gasteiger partial charge in [-0.25, -0.2) is 0 Å². The lowest BCUT2D eigenvalue weighted by atomic mass is 10.1. The number of likely N-dealkylation sites (N-methyl/N-ethyl adjacent to an activating group) is 1. The summed E-state index contributed by atoms with van der Waals surface area (Å²) in [6.45, 7) is 0.558. The lowest BCUT2D eigenvalue weighted by Crippen LogP contribution is -2.35. The number of fused-ring (bicyclic) bond motifs is 2. The van der Waals surface area contributed by atoms with Crippen molar-refractivity contribution in [2.75, 3.05) is 25.1 Å². The first kappa shape index (κ1) is 16.2. The molecule has 3 aromatic rings. The fourth-order valence-electron chi connectivity index (χ4n) is 3.16. The van der Waals surface area contributed by atoms with Gasteiger partial charge in [0, 0.05) is 36.3 Å². The molecule has 0 fully saturated rings. The van der Waals surface area contributed by atoms with Crippen molar-refractivity contribution in [2.45, 2.75) is 6.42 Å². The Kier molecular flexibility index (Phi) is 4.08. The first-order valence-electron chi connectivity index (χ1n) is 8.50. The number of anilines is 1. The normalized spacial score (nSPS) is 13.4. The van der Waals surface area contributed by atoms with E-state index in [1.54, 1.807) is 25.2 Å². The summed E-state index contributed by atoms with van der Waals surface area (Å²) < 4.78 is 5.39. The van der Waals surface area contributed by atoms with Crippen molar-refractivity contribution in [1.29, 1.82) is 0 Å². The molecule has 2 N–H and O–H groups in total. The molecule has 0 radical (unpaired) electrons. The van der Waals surface area contributed by atoms with Crippen molar-refractivity contribution < 1.29 is 14.3 Å². The van der Waals surface area contributed by atoms with Gasteiger partial charge in [0.25, 0.3) is 11.8 Å². The number of benzene rings is 2. The molecule has 1 aromatic heterocycles. The zero-order valence-corrected chi connectivity index (χ0v) is 14.4. The zero-order valence-electron chi connectivity index (χ0n) is 14.4. The van der Waals surface area contributed by atoms with E-state index in [4.69, 9.17) is 4.74 Å². The fourth-order valence-corrected chi connectivity index (χ4v) is 3.16. The van der Waals surface area contributed by atoms with Gasteiger partial charge in [0.1, 0.15) is 5.75 Å². The van der Waals surface area contributed by atoms with E-state index in [9.17, 15) is 9.59 Å². The average molecular weight is 349 g/mol. The predicted molar refractivity (Wildman–Crippen MR) is 99.7 cm³/mol. The highest BCUT2D eigenvalue weighted by atomic mass is 16.5. The predicted octanol–water partition coefficient (Wildman–Crippen LogP) is 2.50. The van der Waals surface area contributed by atoms with Crippen molar-refractivity contribution in [3.8, 4) is 5.75 Å². The lowest BCUT2D eigenvalue weighted by Gasteiger charge is -2.26. The fraction of sp³-hybridized carbons (Fsp3) is 0.200. The van der Waals surface area contributed by atoms with E-state index >= 15 is 0 Å². The topological polar surface area (TPSA) is 74.4 Å². The summed E-state index contributed by atoms with van der Waals surface area (Å²) in [5.74, 6) is 0.316. The Labute approximate surface area is 150 Å². The quantitative estimate of drug-likeness (QED) is 0.760. The minimum atomic E-state index is -0.168. The number of carbonyl (C=O) groups excluding carboxylic acids is 2. The van der Waals surface area contributed by atoms with Crippen molar-refractivity contribution in [2.24, 2.45) is 0 Å². The molecule has 0 unspecified atom stereocenters. The van der Waals surface area contributed by atoms with Gasteiger partial charge in [-0.3, -0.25) is 9.59 Å². The Morgan fingerprint density at radius 2 is 2.12 bits per heavy atom. The van der Waals surface area contributed by atoms with E-state index in [1.165, 1.54) is 15.8 Å². The van der Waals surface area contributed by atoms with Crippen molar-refractivity contribution >= 4 is 28.4 Å². The molecule has 2 aromatic carbocycles. The molecule has 1 aliphatic rings. The van der Waals surface area contributed by atoms with Crippen LogP contribution >= 0.6 is 0 Å². The second-order valence-electron chi connectivity index (χ2n) is 6.29. The number of hydrogen-bond donors (Lipinski definition) is 2. The van der Waals surface area contributed by atoms with E-state index in [0.717, 1.165) is 11.9 Å². The summed E-state index contributed by atoms with van der Waals surface area (Å²) in [5, 5.41) is 4.11. The average Bonchev–Trinajstić information content (AvgIpc) is 3.08. The molecule has 0 aliphatic carbocycles. The largest absolute Gasteiger partial charge is 0.482 e. The summed E-state index contributed by atoms with van der Waals surface area (Å²) in [6.07, 6.45) is 2.72. The molecule has 6 heteroatoms. The van der Waals surface area contributed by atoms with Crippen molar-refractivity contribution in [3.63, 3.8) is 0 Å². The summed E-state index contributed by atoms with van der Waals surface area (Å²) in [7, 11) is 1.68. The molecule has 0 saturated heterocycles. The Morgan fingerprint density at radius 3 is 3.00 bits per heavy atom. The van der Waals surface area contributed by atoms with Crippen LogP contribution in [0.4, 0.5) is 5.69 Å². The first-order valence-corrected chi connectivity index (χ1v) is 8.50.